The molecule has 0 atom stereocenters. The van der Waals surface area contributed by atoms with Crippen molar-refractivity contribution in [1.82, 2.24) is 10.2 Å². The lowest BCUT2D eigenvalue weighted by Gasteiger charge is -2.18. The molecule has 0 aliphatic heterocycles. The van der Waals surface area contributed by atoms with Gasteiger partial charge in [-0.2, -0.15) is 0 Å². The molecule has 0 spiro atoms. The molecule has 4 nitrogen and oxygen atoms in total. The molecule has 0 bridgehead atoms. The second kappa shape index (κ2) is 9.21. The minimum absolute atomic E-state index is 0.322. The molecule has 0 heterocycles. The van der Waals surface area contributed by atoms with Gasteiger partial charge in [0, 0.05) is 19.6 Å². The summed E-state index contributed by atoms with van der Waals surface area (Å²) in [5, 5.41) is 12.3. The van der Waals surface area contributed by atoms with Crippen molar-refractivity contribution in [3.63, 3.8) is 0 Å². The van der Waals surface area contributed by atoms with Crippen molar-refractivity contribution in [2.75, 3.05) is 13.1 Å². The van der Waals surface area contributed by atoms with Crippen LogP contribution >= 0.6 is 0 Å². The molecule has 2 aromatic rings. The minimum Gasteiger partial charge on any atom is -0.478 e. The van der Waals surface area contributed by atoms with Crippen molar-refractivity contribution in [3.8, 4) is 0 Å². The maximum Gasteiger partial charge on any atom is 0.335 e. The van der Waals surface area contributed by atoms with Crippen LogP contribution in [-0.2, 0) is 19.6 Å². The molecule has 0 saturated heterocycles. The summed E-state index contributed by atoms with van der Waals surface area (Å²) in [5.41, 5.74) is 4.01. The van der Waals surface area contributed by atoms with Gasteiger partial charge in [-0.3, -0.25) is 4.90 Å². The summed E-state index contributed by atoms with van der Waals surface area (Å²) in [6.45, 7) is 9.00. The van der Waals surface area contributed by atoms with Crippen LogP contribution in [0.5, 0.6) is 0 Å². The Morgan fingerprint density at radius 3 is 2.21 bits per heavy atom. The molecule has 0 radical (unpaired) electrons. The number of aromatic carboxylic acids is 1. The van der Waals surface area contributed by atoms with E-state index >= 15 is 0 Å². The van der Waals surface area contributed by atoms with Gasteiger partial charge < -0.3 is 10.4 Å². The fourth-order valence-electron chi connectivity index (χ4n) is 2.66. The van der Waals surface area contributed by atoms with Gasteiger partial charge in [0.1, 0.15) is 0 Å². The van der Waals surface area contributed by atoms with E-state index in [0.29, 0.717) is 5.56 Å². The van der Waals surface area contributed by atoms with E-state index in [1.807, 2.05) is 12.1 Å². The average Bonchev–Trinajstić information content (AvgIpc) is 2.60. The topological polar surface area (TPSA) is 52.6 Å². The molecule has 24 heavy (non-hydrogen) atoms. The van der Waals surface area contributed by atoms with Gasteiger partial charge in [-0.25, -0.2) is 4.79 Å². The summed E-state index contributed by atoms with van der Waals surface area (Å²) < 4.78 is 0. The maximum atomic E-state index is 10.8. The molecule has 0 aliphatic carbocycles. The first-order valence-corrected chi connectivity index (χ1v) is 8.45. The standard InChI is InChI=1S/C20H26N2O2/c1-3-22(4-2)15-18-7-5-6-17(12-18)14-21-13-16-8-10-19(11-9-16)20(23)24/h5-12,21H,3-4,13-15H2,1-2H3,(H,23,24). The van der Waals surface area contributed by atoms with Crippen LogP contribution in [0.1, 0.15) is 40.9 Å². The zero-order chi connectivity index (χ0) is 17.4. The van der Waals surface area contributed by atoms with Crippen LogP contribution in [0.2, 0.25) is 0 Å². The number of benzene rings is 2. The monoisotopic (exact) mass is 326 g/mol. The van der Waals surface area contributed by atoms with E-state index in [9.17, 15) is 4.79 Å². The van der Waals surface area contributed by atoms with Gasteiger partial charge in [-0.05, 0) is 41.9 Å². The zero-order valence-corrected chi connectivity index (χ0v) is 14.5. The van der Waals surface area contributed by atoms with E-state index < -0.39 is 5.97 Å². The maximum absolute atomic E-state index is 10.8. The van der Waals surface area contributed by atoms with Gasteiger partial charge in [0.25, 0.3) is 0 Å². The van der Waals surface area contributed by atoms with Crippen molar-refractivity contribution >= 4 is 5.97 Å². The molecule has 0 amide bonds. The molecule has 0 fully saturated rings. The predicted octanol–water partition coefficient (Wildman–Crippen LogP) is 3.52. The lowest BCUT2D eigenvalue weighted by Crippen LogP contribution is -2.22. The number of rotatable bonds is 9. The number of carboxylic acid groups (broad SMARTS) is 1. The molecular formula is C20H26N2O2. The first kappa shape index (κ1) is 18.2. The van der Waals surface area contributed by atoms with Crippen LogP contribution in [0.25, 0.3) is 0 Å². The van der Waals surface area contributed by atoms with Crippen LogP contribution < -0.4 is 5.32 Å². The molecule has 0 aliphatic rings. The Morgan fingerprint density at radius 1 is 0.958 bits per heavy atom. The average molecular weight is 326 g/mol. The highest BCUT2D eigenvalue weighted by atomic mass is 16.4. The molecule has 4 heteroatoms. The van der Waals surface area contributed by atoms with Crippen molar-refractivity contribution in [2.45, 2.75) is 33.5 Å². The van der Waals surface area contributed by atoms with Gasteiger partial charge >= 0.3 is 5.97 Å². The first-order valence-electron chi connectivity index (χ1n) is 8.45. The number of nitrogens with zero attached hydrogens (tertiary/aromatic N) is 1. The van der Waals surface area contributed by atoms with E-state index in [1.165, 1.54) is 11.1 Å². The second-order valence-electron chi connectivity index (χ2n) is 5.89. The van der Waals surface area contributed by atoms with Crippen molar-refractivity contribution < 1.29 is 9.90 Å². The van der Waals surface area contributed by atoms with Gasteiger partial charge in [0.05, 0.1) is 5.56 Å². The van der Waals surface area contributed by atoms with Crippen LogP contribution in [0.15, 0.2) is 48.5 Å². The Kier molecular flexibility index (Phi) is 6.97. The summed E-state index contributed by atoms with van der Waals surface area (Å²) in [6, 6.07) is 15.7. The second-order valence-corrected chi connectivity index (χ2v) is 5.89. The van der Waals surface area contributed by atoms with E-state index in [2.05, 4.69) is 48.3 Å². The fraction of sp³-hybridized carbons (Fsp3) is 0.350. The quantitative estimate of drug-likeness (QED) is 0.740. The number of nitrogens with one attached hydrogen (secondary N) is 1. The first-order chi connectivity index (χ1) is 11.6. The minimum atomic E-state index is -0.889. The summed E-state index contributed by atoms with van der Waals surface area (Å²) in [6.07, 6.45) is 0. The van der Waals surface area contributed by atoms with Gasteiger partial charge in [0.15, 0.2) is 0 Å². The molecule has 128 valence electrons. The Morgan fingerprint density at radius 2 is 1.58 bits per heavy atom. The predicted molar refractivity (Wildman–Crippen MR) is 97.0 cm³/mol. The Hall–Kier alpha value is -2.17. The summed E-state index contributed by atoms with van der Waals surface area (Å²) in [4.78, 5) is 13.2. The van der Waals surface area contributed by atoms with E-state index in [0.717, 1.165) is 38.3 Å². The van der Waals surface area contributed by atoms with Crippen molar-refractivity contribution in [3.05, 3.63) is 70.8 Å². The van der Waals surface area contributed by atoms with Crippen molar-refractivity contribution in [1.29, 1.82) is 0 Å². The van der Waals surface area contributed by atoms with Crippen molar-refractivity contribution in [2.24, 2.45) is 0 Å². The van der Waals surface area contributed by atoms with Gasteiger partial charge in [0.2, 0.25) is 0 Å². The normalized spacial score (nSPS) is 11.0. The lowest BCUT2D eigenvalue weighted by molar-refractivity contribution is 0.0697. The molecular weight excluding hydrogens is 300 g/mol. The third-order valence-corrected chi connectivity index (χ3v) is 4.15. The molecule has 0 saturated carbocycles. The van der Waals surface area contributed by atoms with Crippen LogP contribution in [0, 0.1) is 0 Å². The van der Waals surface area contributed by atoms with E-state index in [-0.39, 0.29) is 0 Å². The number of hydrogen-bond acceptors (Lipinski definition) is 3. The lowest BCUT2D eigenvalue weighted by atomic mass is 10.1. The SMILES string of the molecule is CCN(CC)Cc1cccc(CNCc2ccc(C(=O)O)cc2)c1. The van der Waals surface area contributed by atoms with E-state index in [4.69, 9.17) is 5.11 Å². The highest BCUT2D eigenvalue weighted by molar-refractivity contribution is 5.87. The third-order valence-electron chi connectivity index (χ3n) is 4.15. The molecule has 2 aromatic carbocycles. The smallest absolute Gasteiger partial charge is 0.335 e. The number of hydrogen-bond donors (Lipinski definition) is 2. The van der Waals surface area contributed by atoms with Gasteiger partial charge in [-0.15, -0.1) is 0 Å². The van der Waals surface area contributed by atoms with Crippen LogP contribution in [0.4, 0.5) is 0 Å². The zero-order valence-electron chi connectivity index (χ0n) is 14.5. The molecule has 2 N–H and O–H groups in total. The summed E-state index contributed by atoms with van der Waals surface area (Å²) >= 11 is 0. The Bertz CT molecular complexity index is 649. The molecule has 2 rings (SSSR count). The summed E-state index contributed by atoms with van der Waals surface area (Å²) in [7, 11) is 0. The van der Waals surface area contributed by atoms with Crippen LogP contribution in [-0.4, -0.2) is 29.1 Å². The Labute approximate surface area is 144 Å². The number of carbonyl (C=O) groups is 1. The number of carboxylic acids is 1. The fourth-order valence-corrected chi connectivity index (χ4v) is 2.66. The largest absolute Gasteiger partial charge is 0.478 e. The molecule has 0 unspecified atom stereocenters. The summed E-state index contributed by atoms with van der Waals surface area (Å²) in [5.74, 6) is -0.889. The third kappa shape index (κ3) is 5.48. The molecule has 0 aromatic heterocycles. The highest BCUT2D eigenvalue weighted by Crippen LogP contribution is 2.09. The Balaban J connectivity index is 1.86. The van der Waals surface area contributed by atoms with Gasteiger partial charge in [-0.1, -0.05) is 50.2 Å². The van der Waals surface area contributed by atoms with E-state index in [1.54, 1.807) is 12.1 Å². The highest BCUT2D eigenvalue weighted by Gasteiger charge is 2.03. The van der Waals surface area contributed by atoms with Crippen LogP contribution in [0.3, 0.4) is 0 Å².